The first-order valence-electron chi connectivity index (χ1n) is 8.58. The molecule has 0 N–H and O–H groups in total. The van der Waals surface area contributed by atoms with E-state index in [0.29, 0.717) is 41.8 Å². The predicted octanol–water partition coefficient (Wildman–Crippen LogP) is 3.88. The zero-order valence-corrected chi connectivity index (χ0v) is 14.5. The molecule has 0 atom stereocenters. The van der Waals surface area contributed by atoms with Crippen LogP contribution in [0.3, 0.4) is 0 Å². The van der Waals surface area contributed by atoms with Gasteiger partial charge in [-0.3, -0.25) is 4.79 Å². The fourth-order valence-corrected chi connectivity index (χ4v) is 3.41. The van der Waals surface area contributed by atoms with Crippen LogP contribution in [0.4, 0.5) is 14.5 Å². The van der Waals surface area contributed by atoms with E-state index in [1.165, 1.54) is 17.2 Å². The third-order valence-electron chi connectivity index (χ3n) is 4.65. The summed E-state index contributed by atoms with van der Waals surface area (Å²) >= 11 is 0. The number of nitrogens with zero attached hydrogens (tertiary/aromatic N) is 4. The predicted molar refractivity (Wildman–Crippen MR) is 94.3 cm³/mol. The lowest BCUT2D eigenvalue weighted by Gasteiger charge is -2.29. The molecular formula is C19H18F2N4O. The van der Waals surface area contributed by atoms with Gasteiger partial charge in [-0.15, -0.1) is 0 Å². The van der Waals surface area contributed by atoms with Crippen molar-refractivity contribution in [3.63, 3.8) is 0 Å². The molecule has 3 heterocycles. The van der Waals surface area contributed by atoms with Gasteiger partial charge in [0.1, 0.15) is 11.6 Å². The number of fused-ring (bicyclic) bond motifs is 2. The van der Waals surface area contributed by atoms with Gasteiger partial charge in [0.15, 0.2) is 5.65 Å². The van der Waals surface area contributed by atoms with Gasteiger partial charge in [-0.2, -0.15) is 5.10 Å². The largest absolute Gasteiger partial charge is 0.308 e. The topological polar surface area (TPSA) is 51.0 Å². The van der Waals surface area contributed by atoms with Gasteiger partial charge in [-0.25, -0.2) is 18.4 Å². The number of amides is 1. The molecule has 0 saturated carbocycles. The lowest BCUT2D eigenvalue weighted by molar-refractivity contribution is 0.0985. The summed E-state index contributed by atoms with van der Waals surface area (Å²) in [5.41, 5.74) is 1.76. The third kappa shape index (κ3) is 2.64. The second kappa shape index (κ2) is 6.16. The Balaban J connectivity index is 1.74. The minimum atomic E-state index is -0.687. The van der Waals surface area contributed by atoms with Crippen molar-refractivity contribution < 1.29 is 13.6 Å². The van der Waals surface area contributed by atoms with Crippen molar-refractivity contribution >= 4 is 22.6 Å². The zero-order valence-electron chi connectivity index (χ0n) is 14.5. The minimum absolute atomic E-state index is 0.154. The number of carbonyl (C=O) groups excluding carboxylic acids is 1. The number of benzene rings is 1. The highest BCUT2D eigenvalue weighted by Gasteiger charge is 2.27. The van der Waals surface area contributed by atoms with Gasteiger partial charge in [-0.05, 0) is 38.8 Å². The first-order chi connectivity index (χ1) is 12.5. The highest BCUT2D eigenvalue weighted by atomic mass is 19.1. The number of hydrogen-bond donors (Lipinski definition) is 0. The summed E-state index contributed by atoms with van der Waals surface area (Å²) in [4.78, 5) is 18.8. The maximum absolute atomic E-state index is 14.1. The molecule has 5 nitrogen and oxygen atoms in total. The van der Waals surface area contributed by atoms with Gasteiger partial charge in [0.05, 0.1) is 17.4 Å². The van der Waals surface area contributed by atoms with Crippen molar-refractivity contribution in [1.82, 2.24) is 14.8 Å². The Morgan fingerprint density at radius 1 is 1.19 bits per heavy atom. The van der Waals surface area contributed by atoms with Gasteiger partial charge in [-0.1, -0.05) is 0 Å². The minimum Gasteiger partial charge on any atom is -0.308 e. The Morgan fingerprint density at radius 2 is 2.00 bits per heavy atom. The lowest BCUT2D eigenvalue weighted by atomic mass is 10.00. The molecule has 2 aromatic heterocycles. The molecule has 4 rings (SSSR count). The lowest BCUT2D eigenvalue weighted by Crippen LogP contribution is -2.36. The summed E-state index contributed by atoms with van der Waals surface area (Å²) in [6, 6.07) is 3.96. The highest BCUT2D eigenvalue weighted by Crippen LogP contribution is 2.31. The number of rotatable bonds is 2. The van der Waals surface area contributed by atoms with Crippen molar-refractivity contribution in [2.45, 2.75) is 32.7 Å². The SMILES string of the molecule is CC(C)n1ncc2cc(C(=O)N3CCCc4c(F)cc(F)cc43)cnc21. The van der Waals surface area contributed by atoms with E-state index in [1.807, 2.05) is 13.8 Å². The van der Waals surface area contributed by atoms with Crippen LogP contribution in [0, 0.1) is 11.6 Å². The standard InChI is InChI=1S/C19H18F2N4O/c1-11(2)25-18-12(10-23-25)6-13(9-22-18)19(26)24-5-3-4-15-16(21)7-14(20)8-17(15)24/h6-11H,3-5H2,1-2H3. The van der Waals surface area contributed by atoms with Gasteiger partial charge in [0, 0.05) is 35.8 Å². The summed E-state index contributed by atoms with van der Waals surface area (Å²) in [5, 5.41) is 5.05. The molecular weight excluding hydrogens is 338 g/mol. The van der Waals surface area contributed by atoms with Gasteiger partial charge in [0.25, 0.3) is 5.91 Å². The second-order valence-electron chi connectivity index (χ2n) is 6.77. The van der Waals surface area contributed by atoms with Gasteiger partial charge < -0.3 is 4.90 Å². The summed E-state index contributed by atoms with van der Waals surface area (Å²) in [6.07, 6.45) is 4.28. The Bertz CT molecular complexity index is 1010. The molecule has 1 aromatic carbocycles. The van der Waals surface area contributed by atoms with Crippen LogP contribution >= 0.6 is 0 Å². The maximum atomic E-state index is 14.1. The summed E-state index contributed by atoms with van der Waals surface area (Å²) in [5.74, 6) is -1.61. The average molecular weight is 356 g/mol. The molecule has 7 heteroatoms. The molecule has 0 unspecified atom stereocenters. The molecule has 1 aliphatic heterocycles. The summed E-state index contributed by atoms with van der Waals surface area (Å²) < 4.78 is 29.5. The van der Waals surface area contributed by atoms with Crippen LogP contribution in [0.1, 0.15) is 42.2 Å². The molecule has 0 fully saturated rings. The molecule has 0 saturated heterocycles. The van der Waals surface area contributed by atoms with E-state index in [2.05, 4.69) is 10.1 Å². The molecule has 0 aliphatic carbocycles. The first kappa shape index (κ1) is 16.6. The first-order valence-corrected chi connectivity index (χ1v) is 8.58. The van der Waals surface area contributed by atoms with Crippen molar-refractivity contribution in [2.75, 3.05) is 11.4 Å². The number of anilines is 1. The van der Waals surface area contributed by atoms with Crippen molar-refractivity contribution in [3.05, 3.63) is 53.4 Å². The van der Waals surface area contributed by atoms with Crippen molar-refractivity contribution in [1.29, 1.82) is 0 Å². The number of aromatic nitrogens is 3. The van der Waals surface area contributed by atoms with Gasteiger partial charge in [0.2, 0.25) is 0 Å². The van der Waals surface area contributed by atoms with E-state index < -0.39 is 11.6 Å². The Labute approximate surface area is 149 Å². The van der Waals surface area contributed by atoms with E-state index >= 15 is 0 Å². The van der Waals surface area contributed by atoms with E-state index in [-0.39, 0.29) is 11.9 Å². The van der Waals surface area contributed by atoms with E-state index in [0.717, 1.165) is 11.5 Å². The maximum Gasteiger partial charge on any atom is 0.259 e. The Hall–Kier alpha value is -2.83. The molecule has 3 aromatic rings. The molecule has 0 spiro atoms. The number of halogens is 2. The van der Waals surface area contributed by atoms with Crippen LogP contribution < -0.4 is 4.90 Å². The summed E-state index contributed by atoms with van der Waals surface area (Å²) in [7, 11) is 0. The molecule has 134 valence electrons. The van der Waals surface area contributed by atoms with E-state index in [1.54, 1.807) is 16.9 Å². The van der Waals surface area contributed by atoms with Crippen molar-refractivity contribution in [2.24, 2.45) is 0 Å². The normalized spacial score (nSPS) is 14.1. The van der Waals surface area contributed by atoms with Crippen LogP contribution in [-0.4, -0.2) is 27.2 Å². The summed E-state index contributed by atoms with van der Waals surface area (Å²) in [6.45, 7) is 4.42. The van der Waals surface area contributed by atoms with Crippen LogP contribution in [0.2, 0.25) is 0 Å². The van der Waals surface area contributed by atoms with Crippen LogP contribution in [0.15, 0.2) is 30.6 Å². The quantitative estimate of drug-likeness (QED) is 0.700. The molecule has 0 bridgehead atoms. The average Bonchev–Trinajstić information content (AvgIpc) is 3.04. The highest BCUT2D eigenvalue weighted by molar-refractivity contribution is 6.07. The molecule has 1 amide bonds. The van der Waals surface area contributed by atoms with Crippen LogP contribution in [-0.2, 0) is 6.42 Å². The number of pyridine rings is 1. The van der Waals surface area contributed by atoms with E-state index in [9.17, 15) is 13.6 Å². The second-order valence-corrected chi connectivity index (χ2v) is 6.77. The van der Waals surface area contributed by atoms with Gasteiger partial charge >= 0.3 is 0 Å². The van der Waals surface area contributed by atoms with Crippen LogP contribution in [0.25, 0.3) is 11.0 Å². The monoisotopic (exact) mass is 356 g/mol. The third-order valence-corrected chi connectivity index (χ3v) is 4.65. The smallest absolute Gasteiger partial charge is 0.259 e. The fraction of sp³-hybridized carbons (Fsp3) is 0.316. The Morgan fingerprint density at radius 3 is 2.77 bits per heavy atom. The van der Waals surface area contributed by atoms with Crippen LogP contribution in [0.5, 0.6) is 0 Å². The van der Waals surface area contributed by atoms with Crippen molar-refractivity contribution in [3.8, 4) is 0 Å². The van der Waals surface area contributed by atoms with E-state index in [4.69, 9.17) is 0 Å². The molecule has 0 radical (unpaired) electrons. The molecule has 1 aliphatic rings. The fourth-order valence-electron chi connectivity index (χ4n) is 3.41. The zero-order chi connectivity index (χ0) is 18.4. The Kier molecular flexibility index (Phi) is 3.94. The molecule has 26 heavy (non-hydrogen) atoms. The number of carbonyl (C=O) groups is 1. The number of hydrogen-bond acceptors (Lipinski definition) is 3.